The first-order chi connectivity index (χ1) is 9.04. The molecule has 0 bridgehead atoms. The second-order valence-corrected chi connectivity index (χ2v) is 5.77. The third kappa shape index (κ3) is 2.42. The van der Waals surface area contributed by atoms with Gasteiger partial charge in [-0.15, -0.1) is 0 Å². The molecule has 2 aliphatic carbocycles. The highest BCUT2D eigenvalue weighted by atomic mass is 35.5. The lowest BCUT2D eigenvalue weighted by Crippen LogP contribution is -2.22. The van der Waals surface area contributed by atoms with Crippen LogP contribution in [0, 0.1) is 27.9 Å². The number of nitro benzene ring substituents is 1. The van der Waals surface area contributed by atoms with Crippen molar-refractivity contribution >= 4 is 28.9 Å². The number of anilines is 1. The number of fused-ring (bicyclic) bond motifs is 1. The molecule has 0 aromatic heterocycles. The van der Waals surface area contributed by atoms with Crippen molar-refractivity contribution in [1.29, 1.82) is 0 Å². The summed E-state index contributed by atoms with van der Waals surface area (Å²) in [6.07, 6.45) is 3.05. The van der Waals surface area contributed by atoms with Crippen LogP contribution in [-0.4, -0.2) is 10.8 Å². The number of rotatable bonds is 3. The van der Waals surface area contributed by atoms with Crippen molar-refractivity contribution in [3.8, 4) is 0 Å². The molecule has 0 spiro atoms. The monoisotopic (exact) mass is 280 g/mol. The third-order valence-electron chi connectivity index (χ3n) is 4.03. The molecule has 5 nitrogen and oxygen atoms in total. The second-order valence-electron chi connectivity index (χ2n) is 5.33. The van der Waals surface area contributed by atoms with E-state index < -0.39 is 4.92 Å². The van der Waals surface area contributed by atoms with E-state index in [9.17, 15) is 14.9 Å². The van der Waals surface area contributed by atoms with Gasteiger partial charge < -0.3 is 5.32 Å². The summed E-state index contributed by atoms with van der Waals surface area (Å²) in [7, 11) is 0. The van der Waals surface area contributed by atoms with E-state index in [1.165, 1.54) is 24.6 Å². The van der Waals surface area contributed by atoms with Gasteiger partial charge in [0.1, 0.15) is 5.69 Å². The molecule has 1 aromatic carbocycles. The SMILES string of the molecule is O=C(Nc1cc(Cl)ccc1[N+](=O)[O-])C1CC2CC2C1. The van der Waals surface area contributed by atoms with E-state index in [1.807, 2.05) is 0 Å². The molecule has 2 atom stereocenters. The molecule has 1 N–H and O–H groups in total. The van der Waals surface area contributed by atoms with Gasteiger partial charge in [-0.05, 0) is 43.2 Å². The molecule has 2 unspecified atom stereocenters. The molecule has 2 fully saturated rings. The molecular formula is C13H13ClN2O3. The maximum atomic E-state index is 12.1. The number of hydrogen-bond acceptors (Lipinski definition) is 3. The van der Waals surface area contributed by atoms with Crippen LogP contribution in [0.2, 0.25) is 5.02 Å². The van der Waals surface area contributed by atoms with Crippen molar-refractivity contribution < 1.29 is 9.72 Å². The highest BCUT2D eigenvalue weighted by Crippen LogP contribution is 2.54. The van der Waals surface area contributed by atoms with E-state index in [4.69, 9.17) is 11.6 Å². The number of hydrogen-bond donors (Lipinski definition) is 1. The van der Waals surface area contributed by atoms with Crippen molar-refractivity contribution in [2.75, 3.05) is 5.32 Å². The molecule has 1 amide bonds. The average molecular weight is 281 g/mol. The summed E-state index contributed by atoms with van der Waals surface area (Å²) in [6.45, 7) is 0. The number of carbonyl (C=O) groups excluding carboxylic acids is 1. The fourth-order valence-corrected chi connectivity index (χ4v) is 3.10. The number of nitrogens with zero attached hydrogens (tertiary/aromatic N) is 1. The third-order valence-corrected chi connectivity index (χ3v) is 4.26. The maximum absolute atomic E-state index is 12.1. The number of halogens is 1. The van der Waals surface area contributed by atoms with Crippen LogP contribution >= 0.6 is 11.6 Å². The summed E-state index contributed by atoms with van der Waals surface area (Å²) >= 11 is 5.82. The van der Waals surface area contributed by atoms with Gasteiger partial charge >= 0.3 is 0 Å². The summed E-state index contributed by atoms with van der Waals surface area (Å²) < 4.78 is 0. The largest absolute Gasteiger partial charge is 0.320 e. The van der Waals surface area contributed by atoms with Crippen LogP contribution < -0.4 is 5.32 Å². The highest BCUT2D eigenvalue weighted by molar-refractivity contribution is 6.31. The molecule has 2 saturated carbocycles. The summed E-state index contributed by atoms with van der Waals surface area (Å²) in [5.74, 6) is 1.26. The number of nitrogens with one attached hydrogen (secondary N) is 1. The Balaban J connectivity index is 1.76. The quantitative estimate of drug-likeness (QED) is 0.682. The van der Waals surface area contributed by atoms with Gasteiger partial charge in [0.05, 0.1) is 4.92 Å². The van der Waals surface area contributed by atoms with Gasteiger partial charge in [0.2, 0.25) is 5.91 Å². The summed E-state index contributed by atoms with van der Waals surface area (Å²) in [5.41, 5.74) is 0.0592. The van der Waals surface area contributed by atoms with E-state index in [2.05, 4.69) is 5.32 Å². The van der Waals surface area contributed by atoms with Crippen LogP contribution in [0.15, 0.2) is 18.2 Å². The summed E-state index contributed by atoms with van der Waals surface area (Å²) in [4.78, 5) is 22.5. The van der Waals surface area contributed by atoms with Gasteiger partial charge in [-0.25, -0.2) is 0 Å². The zero-order valence-electron chi connectivity index (χ0n) is 10.1. The first kappa shape index (κ1) is 12.4. The number of carbonyl (C=O) groups is 1. The van der Waals surface area contributed by atoms with Gasteiger partial charge in [-0.3, -0.25) is 14.9 Å². The standard InChI is InChI=1S/C13H13ClN2O3/c14-10-1-2-12(16(18)19)11(6-10)15-13(17)9-4-7-3-8(7)5-9/h1-2,6-9H,3-5H2,(H,15,17). The second kappa shape index (κ2) is 4.49. The minimum Gasteiger partial charge on any atom is -0.320 e. The maximum Gasteiger partial charge on any atom is 0.292 e. The highest BCUT2D eigenvalue weighted by Gasteiger charge is 2.48. The Morgan fingerprint density at radius 1 is 1.32 bits per heavy atom. The fourth-order valence-electron chi connectivity index (χ4n) is 2.93. The minimum absolute atomic E-state index is 0.0117. The molecule has 0 heterocycles. The first-order valence-electron chi connectivity index (χ1n) is 6.29. The minimum atomic E-state index is -0.516. The summed E-state index contributed by atoms with van der Waals surface area (Å²) in [5, 5.41) is 13.9. The molecule has 1 aromatic rings. The molecule has 6 heteroatoms. The Morgan fingerprint density at radius 3 is 2.63 bits per heavy atom. The lowest BCUT2D eigenvalue weighted by molar-refractivity contribution is -0.383. The van der Waals surface area contributed by atoms with E-state index in [0.29, 0.717) is 16.9 Å². The van der Waals surface area contributed by atoms with Gasteiger partial charge in [-0.2, -0.15) is 0 Å². The van der Waals surface area contributed by atoms with Crippen molar-refractivity contribution in [3.05, 3.63) is 33.3 Å². The van der Waals surface area contributed by atoms with E-state index in [1.54, 1.807) is 0 Å². The van der Waals surface area contributed by atoms with Crippen LogP contribution in [-0.2, 0) is 4.79 Å². The zero-order chi connectivity index (χ0) is 13.6. The zero-order valence-corrected chi connectivity index (χ0v) is 10.9. The van der Waals surface area contributed by atoms with Crippen LogP contribution in [0.3, 0.4) is 0 Å². The molecule has 2 aliphatic rings. The topological polar surface area (TPSA) is 72.2 Å². The number of nitro groups is 1. The van der Waals surface area contributed by atoms with Crippen molar-refractivity contribution in [3.63, 3.8) is 0 Å². The van der Waals surface area contributed by atoms with Crippen molar-refractivity contribution in [1.82, 2.24) is 0 Å². The van der Waals surface area contributed by atoms with Crippen LogP contribution in [0.5, 0.6) is 0 Å². The van der Waals surface area contributed by atoms with Gasteiger partial charge in [-0.1, -0.05) is 11.6 Å². The normalized spacial score (nSPS) is 27.7. The number of amides is 1. The Kier molecular flexibility index (Phi) is 2.93. The van der Waals surface area contributed by atoms with Gasteiger partial charge in [0, 0.05) is 17.0 Å². The Bertz CT molecular complexity index is 551. The molecule has 0 aliphatic heterocycles. The lowest BCUT2D eigenvalue weighted by atomic mass is 10.0. The smallest absolute Gasteiger partial charge is 0.292 e. The fraction of sp³-hybridized carbons (Fsp3) is 0.462. The average Bonchev–Trinajstić information content (AvgIpc) is 2.95. The first-order valence-corrected chi connectivity index (χ1v) is 6.67. The Labute approximate surface area is 115 Å². The van der Waals surface area contributed by atoms with E-state index in [-0.39, 0.29) is 23.2 Å². The predicted molar refractivity (Wildman–Crippen MR) is 71.1 cm³/mol. The van der Waals surface area contributed by atoms with Crippen LogP contribution in [0.1, 0.15) is 19.3 Å². The van der Waals surface area contributed by atoms with E-state index >= 15 is 0 Å². The van der Waals surface area contributed by atoms with Crippen molar-refractivity contribution in [2.24, 2.45) is 17.8 Å². The number of benzene rings is 1. The van der Waals surface area contributed by atoms with Crippen LogP contribution in [0.4, 0.5) is 11.4 Å². The molecule has 3 rings (SSSR count). The van der Waals surface area contributed by atoms with Gasteiger partial charge in [0.25, 0.3) is 5.69 Å². The predicted octanol–water partition coefficient (Wildman–Crippen LogP) is 3.23. The van der Waals surface area contributed by atoms with E-state index in [0.717, 1.165) is 12.8 Å². The summed E-state index contributed by atoms with van der Waals surface area (Å²) in [6, 6.07) is 4.18. The molecule has 0 radical (unpaired) electrons. The molecule has 19 heavy (non-hydrogen) atoms. The Morgan fingerprint density at radius 2 is 2.00 bits per heavy atom. The molecule has 100 valence electrons. The molecular weight excluding hydrogens is 268 g/mol. The molecule has 0 saturated heterocycles. The van der Waals surface area contributed by atoms with Crippen molar-refractivity contribution in [2.45, 2.75) is 19.3 Å². The Hall–Kier alpha value is -1.62. The van der Waals surface area contributed by atoms with Gasteiger partial charge in [0.15, 0.2) is 0 Å². The lowest BCUT2D eigenvalue weighted by Gasteiger charge is -2.12. The van der Waals surface area contributed by atoms with Crippen LogP contribution in [0.25, 0.3) is 0 Å².